The van der Waals surface area contributed by atoms with Gasteiger partial charge in [0.15, 0.2) is 0 Å². The van der Waals surface area contributed by atoms with E-state index in [2.05, 4.69) is 11.3 Å². The van der Waals surface area contributed by atoms with Crippen LogP contribution in [0.3, 0.4) is 0 Å². The molecule has 0 fully saturated rings. The number of aromatic nitrogens is 2. The van der Waals surface area contributed by atoms with Crippen LogP contribution in [0.2, 0.25) is 0 Å². The second-order valence-electron chi connectivity index (χ2n) is 1.90. The Labute approximate surface area is 52.9 Å². The van der Waals surface area contributed by atoms with Crippen molar-refractivity contribution in [1.29, 1.82) is 0 Å². The SMILES string of the molecule is Cc1[c]nn(C)c(=O)c1. The maximum Gasteiger partial charge on any atom is 0.266 e. The third-order valence-electron chi connectivity index (χ3n) is 1.04. The van der Waals surface area contributed by atoms with E-state index in [1.54, 1.807) is 14.0 Å². The van der Waals surface area contributed by atoms with Crippen LogP contribution >= 0.6 is 0 Å². The van der Waals surface area contributed by atoms with Crippen LogP contribution in [0.4, 0.5) is 0 Å². The van der Waals surface area contributed by atoms with Gasteiger partial charge in [-0.1, -0.05) is 0 Å². The maximum atomic E-state index is 10.7. The molecule has 1 aromatic rings. The van der Waals surface area contributed by atoms with Crippen LogP contribution in [0.15, 0.2) is 10.9 Å². The van der Waals surface area contributed by atoms with Crippen LogP contribution in [-0.4, -0.2) is 9.78 Å². The third-order valence-corrected chi connectivity index (χ3v) is 1.04. The average Bonchev–Trinajstić information content (AvgIpc) is 1.80. The van der Waals surface area contributed by atoms with Gasteiger partial charge in [-0.05, 0) is 12.5 Å². The first-order chi connectivity index (χ1) is 4.20. The van der Waals surface area contributed by atoms with Gasteiger partial charge in [0.2, 0.25) is 0 Å². The summed E-state index contributed by atoms with van der Waals surface area (Å²) in [6.07, 6.45) is 2.65. The Morgan fingerprint density at radius 3 is 2.89 bits per heavy atom. The first-order valence-electron chi connectivity index (χ1n) is 2.63. The topological polar surface area (TPSA) is 34.9 Å². The molecule has 0 aliphatic rings. The van der Waals surface area contributed by atoms with Gasteiger partial charge in [-0.25, -0.2) is 4.68 Å². The largest absolute Gasteiger partial charge is 0.268 e. The van der Waals surface area contributed by atoms with Gasteiger partial charge in [-0.15, -0.1) is 0 Å². The van der Waals surface area contributed by atoms with Crippen LogP contribution < -0.4 is 5.56 Å². The Balaban J connectivity index is 3.34. The minimum Gasteiger partial charge on any atom is -0.268 e. The highest BCUT2D eigenvalue weighted by atomic mass is 16.1. The zero-order chi connectivity index (χ0) is 6.85. The second kappa shape index (κ2) is 2.01. The summed E-state index contributed by atoms with van der Waals surface area (Å²) in [5.74, 6) is 0. The minimum absolute atomic E-state index is 0.0914. The minimum atomic E-state index is -0.0914. The lowest BCUT2D eigenvalue weighted by Gasteiger charge is -1.91. The molecule has 0 N–H and O–H groups in total. The van der Waals surface area contributed by atoms with E-state index in [4.69, 9.17) is 0 Å². The van der Waals surface area contributed by atoms with E-state index >= 15 is 0 Å². The predicted molar refractivity (Wildman–Crippen MR) is 33.1 cm³/mol. The maximum absolute atomic E-state index is 10.7. The molecule has 0 bridgehead atoms. The van der Waals surface area contributed by atoms with Gasteiger partial charge >= 0.3 is 0 Å². The molecule has 1 heterocycles. The van der Waals surface area contributed by atoms with Crippen LogP contribution in [0.5, 0.6) is 0 Å². The molecule has 0 spiro atoms. The first kappa shape index (κ1) is 6.01. The molecule has 0 atom stereocenters. The highest BCUT2D eigenvalue weighted by Crippen LogP contribution is 1.82. The molecule has 0 unspecified atom stereocenters. The van der Waals surface area contributed by atoms with E-state index in [1.165, 1.54) is 10.7 Å². The molecular weight excluding hydrogens is 116 g/mol. The summed E-state index contributed by atoms with van der Waals surface area (Å²) in [6.45, 7) is 1.79. The molecule has 3 nitrogen and oxygen atoms in total. The van der Waals surface area contributed by atoms with Crippen LogP contribution in [0.25, 0.3) is 0 Å². The number of hydrogen-bond acceptors (Lipinski definition) is 2. The molecule has 1 radical (unpaired) electrons. The van der Waals surface area contributed by atoms with Crippen molar-refractivity contribution in [1.82, 2.24) is 9.78 Å². The molecule has 0 amide bonds. The normalized spacial score (nSPS) is 9.56. The van der Waals surface area contributed by atoms with Crippen molar-refractivity contribution in [3.8, 4) is 0 Å². The van der Waals surface area contributed by atoms with Crippen molar-refractivity contribution < 1.29 is 0 Å². The van der Waals surface area contributed by atoms with E-state index in [-0.39, 0.29) is 5.56 Å². The van der Waals surface area contributed by atoms with Crippen molar-refractivity contribution in [2.75, 3.05) is 0 Å². The fourth-order valence-corrected chi connectivity index (χ4v) is 0.514. The second-order valence-corrected chi connectivity index (χ2v) is 1.90. The Hall–Kier alpha value is -1.12. The van der Waals surface area contributed by atoms with E-state index < -0.39 is 0 Å². The summed E-state index contributed by atoms with van der Waals surface area (Å²) in [7, 11) is 1.60. The molecule has 0 saturated heterocycles. The number of nitrogens with zero attached hydrogens (tertiary/aromatic N) is 2. The first-order valence-corrected chi connectivity index (χ1v) is 2.63. The lowest BCUT2D eigenvalue weighted by atomic mass is 10.4. The molecule has 0 saturated carbocycles. The highest BCUT2D eigenvalue weighted by Gasteiger charge is 1.88. The zero-order valence-corrected chi connectivity index (χ0v) is 5.38. The lowest BCUT2D eigenvalue weighted by Crippen LogP contribution is -2.18. The van der Waals surface area contributed by atoms with Crippen LogP contribution in [0, 0.1) is 13.1 Å². The molecule has 0 aliphatic heterocycles. The molecular formula is C6H7N2O. The van der Waals surface area contributed by atoms with Crippen molar-refractivity contribution in [3.05, 3.63) is 28.2 Å². The fraction of sp³-hybridized carbons (Fsp3) is 0.333. The summed E-state index contributed by atoms with van der Waals surface area (Å²) >= 11 is 0. The molecule has 1 aromatic heterocycles. The van der Waals surface area contributed by atoms with Crippen molar-refractivity contribution in [2.24, 2.45) is 7.05 Å². The Bertz CT molecular complexity index is 264. The molecule has 0 aliphatic carbocycles. The number of hydrogen-bond donors (Lipinski definition) is 0. The van der Waals surface area contributed by atoms with Gasteiger partial charge in [0.1, 0.15) is 6.20 Å². The van der Waals surface area contributed by atoms with Gasteiger partial charge in [-0.3, -0.25) is 4.79 Å². The summed E-state index contributed by atoms with van der Waals surface area (Å²) < 4.78 is 1.24. The van der Waals surface area contributed by atoms with Gasteiger partial charge in [0.25, 0.3) is 5.56 Å². The Kier molecular flexibility index (Phi) is 1.34. The molecule has 3 heteroatoms. The van der Waals surface area contributed by atoms with E-state index in [0.717, 1.165) is 5.56 Å². The molecule has 9 heavy (non-hydrogen) atoms. The van der Waals surface area contributed by atoms with Gasteiger partial charge in [0, 0.05) is 13.1 Å². The van der Waals surface area contributed by atoms with Crippen LogP contribution in [-0.2, 0) is 7.05 Å². The predicted octanol–water partition coefficient (Wildman–Crippen LogP) is -0.111. The van der Waals surface area contributed by atoms with Crippen molar-refractivity contribution in [3.63, 3.8) is 0 Å². The molecule has 47 valence electrons. The highest BCUT2D eigenvalue weighted by molar-refractivity contribution is 5.00. The quantitative estimate of drug-likeness (QED) is 0.482. The number of aryl methyl sites for hydroxylation is 2. The van der Waals surface area contributed by atoms with Gasteiger partial charge in [0.05, 0.1) is 0 Å². The van der Waals surface area contributed by atoms with E-state index in [9.17, 15) is 4.79 Å². The van der Waals surface area contributed by atoms with E-state index in [1.807, 2.05) is 0 Å². The Morgan fingerprint density at radius 2 is 2.44 bits per heavy atom. The number of rotatable bonds is 0. The van der Waals surface area contributed by atoms with Gasteiger partial charge in [-0.2, -0.15) is 5.10 Å². The smallest absolute Gasteiger partial charge is 0.266 e. The van der Waals surface area contributed by atoms with Gasteiger partial charge < -0.3 is 0 Å². The third kappa shape index (κ3) is 1.16. The van der Waals surface area contributed by atoms with Crippen molar-refractivity contribution >= 4 is 0 Å². The summed E-state index contributed by atoms with van der Waals surface area (Å²) in [6, 6.07) is 1.49. The lowest BCUT2D eigenvalue weighted by molar-refractivity contribution is 0.699. The Morgan fingerprint density at radius 1 is 1.78 bits per heavy atom. The zero-order valence-electron chi connectivity index (χ0n) is 5.38. The summed E-state index contributed by atoms with van der Waals surface area (Å²) in [4.78, 5) is 10.7. The monoisotopic (exact) mass is 123 g/mol. The fourth-order valence-electron chi connectivity index (χ4n) is 0.514. The average molecular weight is 123 g/mol. The summed E-state index contributed by atoms with van der Waals surface area (Å²) in [5.41, 5.74) is 0.685. The molecule has 1 rings (SSSR count). The van der Waals surface area contributed by atoms with E-state index in [0.29, 0.717) is 0 Å². The van der Waals surface area contributed by atoms with Crippen LogP contribution in [0.1, 0.15) is 5.56 Å². The summed E-state index contributed by atoms with van der Waals surface area (Å²) in [5, 5.41) is 3.66. The standard InChI is InChI=1S/C6H7N2O/c1-5-3-6(9)8(2)7-4-5/h3H,1-2H3. The molecule has 0 aromatic carbocycles. The van der Waals surface area contributed by atoms with Crippen molar-refractivity contribution in [2.45, 2.75) is 6.92 Å².